The first-order chi connectivity index (χ1) is 8.18. The van der Waals surface area contributed by atoms with Gasteiger partial charge >= 0.3 is 5.97 Å². The highest BCUT2D eigenvalue weighted by molar-refractivity contribution is 6.15. The fraction of sp³-hybridized carbons (Fsp3) is 0. The minimum absolute atomic E-state index is 0.0307. The molecule has 0 unspecified atom stereocenters. The average molecular weight is 228 g/mol. The number of nitrogen functional groups attached to an aromatic ring is 1. The van der Waals surface area contributed by atoms with Crippen molar-refractivity contribution in [1.29, 1.82) is 0 Å². The fourth-order valence-electron chi connectivity index (χ4n) is 1.91. The van der Waals surface area contributed by atoms with Gasteiger partial charge in [-0.3, -0.25) is 4.98 Å². The lowest BCUT2D eigenvalue weighted by atomic mass is 10.1. The number of carbonyl (C=O) groups is 1. The maximum Gasteiger partial charge on any atom is 0.354 e. The van der Waals surface area contributed by atoms with Gasteiger partial charge in [-0.05, 0) is 11.5 Å². The zero-order valence-electron chi connectivity index (χ0n) is 8.64. The molecule has 17 heavy (non-hydrogen) atoms. The fourth-order valence-corrected chi connectivity index (χ4v) is 1.91. The third kappa shape index (κ3) is 1.24. The molecule has 6 nitrogen and oxygen atoms in total. The van der Waals surface area contributed by atoms with E-state index in [1.165, 1.54) is 0 Å². The number of nitrogens with zero attached hydrogens (tertiary/aromatic N) is 2. The maximum absolute atomic E-state index is 11.0. The number of nitrogens with one attached hydrogen (secondary N) is 1. The summed E-state index contributed by atoms with van der Waals surface area (Å²) in [5.41, 5.74) is 6.48. The van der Waals surface area contributed by atoms with Crippen molar-refractivity contribution in [2.45, 2.75) is 0 Å². The molecule has 3 rings (SSSR count). The van der Waals surface area contributed by atoms with E-state index in [4.69, 9.17) is 10.8 Å². The first-order valence-electron chi connectivity index (χ1n) is 4.91. The van der Waals surface area contributed by atoms with Crippen LogP contribution in [-0.4, -0.2) is 26.0 Å². The van der Waals surface area contributed by atoms with Crippen molar-refractivity contribution >= 4 is 33.5 Å². The van der Waals surface area contributed by atoms with E-state index < -0.39 is 5.97 Å². The first-order valence-corrected chi connectivity index (χ1v) is 4.91. The van der Waals surface area contributed by atoms with Crippen LogP contribution in [0.2, 0.25) is 0 Å². The number of H-pyrrole nitrogens is 1. The molecule has 0 aliphatic heterocycles. The zero-order valence-corrected chi connectivity index (χ0v) is 8.64. The Morgan fingerprint density at radius 2 is 2.24 bits per heavy atom. The van der Waals surface area contributed by atoms with Crippen molar-refractivity contribution in [2.75, 3.05) is 5.73 Å². The zero-order chi connectivity index (χ0) is 12.0. The second-order valence-corrected chi connectivity index (χ2v) is 3.66. The van der Waals surface area contributed by atoms with E-state index in [-0.39, 0.29) is 11.4 Å². The Morgan fingerprint density at radius 3 is 3.00 bits per heavy atom. The van der Waals surface area contributed by atoms with Crippen LogP contribution in [-0.2, 0) is 0 Å². The van der Waals surface area contributed by atoms with Gasteiger partial charge in [-0.15, -0.1) is 0 Å². The largest absolute Gasteiger partial charge is 0.477 e. The molecule has 0 aliphatic carbocycles. The third-order valence-corrected chi connectivity index (χ3v) is 2.69. The minimum atomic E-state index is -1.09. The van der Waals surface area contributed by atoms with Gasteiger partial charge in [0.15, 0.2) is 0 Å². The molecule has 0 amide bonds. The highest BCUT2D eigenvalue weighted by Gasteiger charge is 2.17. The summed E-state index contributed by atoms with van der Waals surface area (Å²) in [6.45, 7) is 0. The molecule has 0 saturated heterocycles. The van der Waals surface area contributed by atoms with Crippen LogP contribution >= 0.6 is 0 Å². The molecule has 0 aliphatic rings. The van der Waals surface area contributed by atoms with E-state index in [9.17, 15) is 4.79 Å². The first kappa shape index (κ1) is 9.59. The molecular weight excluding hydrogens is 220 g/mol. The van der Waals surface area contributed by atoms with Gasteiger partial charge in [-0.2, -0.15) is 0 Å². The van der Waals surface area contributed by atoms with Crippen LogP contribution in [0.5, 0.6) is 0 Å². The summed E-state index contributed by atoms with van der Waals surface area (Å²) < 4.78 is 0. The van der Waals surface area contributed by atoms with E-state index in [2.05, 4.69) is 15.0 Å². The van der Waals surface area contributed by atoms with Crippen LogP contribution in [0.3, 0.4) is 0 Å². The monoisotopic (exact) mass is 228 g/mol. The summed E-state index contributed by atoms with van der Waals surface area (Å²) >= 11 is 0. The van der Waals surface area contributed by atoms with Gasteiger partial charge < -0.3 is 15.8 Å². The van der Waals surface area contributed by atoms with Crippen LogP contribution < -0.4 is 5.73 Å². The molecule has 0 atom stereocenters. The quantitative estimate of drug-likeness (QED) is 0.583. The summed E-state index contributed by atoms with van der Waals surface area (Å²) in [6, 6.07) is 1.79. The Bertz CT molecular complexity index is 748. The normalized spacial score (nSPS) is 11.1. The molecule has 84 valence electrons. The number of nitrogens with two attached hydrogens (primary N) is 1. The lowest BCUT2D eigenvalue weighted by Gasteiger charge is -1.98. The lowest BCUT2D eigenvalue weighted by Crippen LogP contribution is -2.00. The number of anilines is 1. The Hall–Kier alpha value is -2.63. The molecule has 4 N–H and O–H groups in total. The average Bonchev–Trinajstić information content (AvgIpc) is 2.67. The van der Waals surface area contributed by atoms with Gasteiger partial charge in [-0.25, -0.2) is 9.78 Å². The van der Waals surface area contributed by atoms with E-state index in [0.717, 1.165) is 10.8 Å². The molecular formula is C11H8N4O2. The third-order valence-electron chi connectivity index (χ3n) is 2.69. The summed E-state index contributed by atoms with van der Waals surface area (Å²) in [4.78, 5) is 21.8. The van der Waals surface area contributed by atoms with Gasteiger partial charge in [0.05, 0.1) is 11.1 Å². The van der Waals surface area contributed by atoms with Crippen LogP contribution in [0.4, 0.5) is 5.69 Å². The number of pyridine rings is 2. The Balaban J connectivity index is 2.53. The van der Waals surface area contributed by atoms with E-state index in [1.54, 1.807) is 24.7 Å². The van der Waals surface area contributed by atoms with Crippen molar-refractivity contribution in [3.8, 4) is 0 Å². The second-order valence-electron chi connectivity index (χ2n) is 3.66. The molecule has 6 heteroatoms. The number of aromatic nitrogens is 3. The van der Waals surface area contributed by atoms with Gasteiger partial charge in [0.2, 0.25) is 0 Å². The smallest absolute Gasteiger partial charge is 0.354 e. The lowest BCUT2D eigenvalue weighted by molar-refractivity contribution is 0.0692. The predicted octanol–water partition coefficient (Wildman–Crippen LogP) is 1.39. The molecule has 3 aromatic heterocycles. The van der Waals surface area contributed by atoms with E-state index >= 15 is 0 Å². The number of hydrogen-bond donors (Lipinski definition) is 3. The molecule has 0 spiro atoms. The predicted molar refractivity (Wildman–Crippen MR) is 62.8 cm³/mol. The number of carboxylic acids is 1. The van der Waals surface area contributed by atoms with Gasteiger partial charge in [-0.1, -0.05) is 0 Å². The van der Waals surface area contributed by atoms with Crippen molar-refractivity contribution in [3.63, 3.8) is 0 Å². The summed E-state index contributed by atoms with van der Waals surface area (Å²) in [7, 11) is 0. The molecule has 0 radical (unpaired) electrons. The number of fused-ring (bicyclic) bond motifs is 3. The standard InChI is InChI=1S/C11H8N4O2/c12-8-7-6-1-2-13-3-5(6)4-14-10(7)15-9(8)11(16)17/h1-4H,12H2,(H,14,15)(H,16,17). The summed E-state index contributed by atoms with van der Waals surface area (Å²) in [5.74, 6) is -1.09. The number of hydrogen-bond acceptors (Lipinski definition) is 4. The minimum Gasteiger partial charge on any atom is -0.477 e. The Morgan fingerprint density at radius 1 is 1.41 bits per heavy atom. The highest BCUT2D eigenvalue weighted by atomic mass is 16.4. The molecule has 0 aromatic carbocycles. The van der Waals surface area contributed by atoms with Crippen LogP contribution in [0.15, 0.2) is 24.7 Å². The summed E-state index contributed by atoms with van der Waals surface area (Å²) in [5, 5.41) is 11.3. The molecule has 3 heterocycles. The van der Waals surface area contributed by atoms with Gasteiger partial charge in [0.1, 0.15) is 11.3 Å². The highest BCUT2D eigenvalue weighted by Crippen LogP contribution is 2.30. The van der Waals surface area contributed by atoms with Crippen LogP contribution in [0.1, 0.15) is 10.5 Å². The van der Waals surface area contributed by atoms with Crippen molar-refractivity contribution in [2.24, 2.45) is 0 Å². The molecule has 0 saturated carbocycles. The van der Waals surface area contributed by atoms with Crippen LogP contribution in [0, 0.1) is 0 Å². The molecule has 0 fully saturated rings. The number of carboxylic acid groups (broad SMARTS) is 1. The van der Waals surface area contributed by atoms with E-state index in [0.29, 0.717) is 11.0 Å². The number of rotatable bonds is 1. The molecule has 3 aromatic rings. The molecule has 0 bridgehead atoms. The van der Waals surface area contributed by atoms with Crippen molar-refractivity contribution in [1.82, 2.24) is 15.0 Å². The van der Waals surface area contributed by atoms with E-state index in [1.807, 2.05) is 0 Å². The SMILES string of the molecule is Nc1c(C(=O)O)[nH]c2ncc3cnccc3c12. The Labute approximate surface area is 95.1 Å². The Kier molecular flexibility index (Phi) is 1.79. The maximum atomic E-state index is 11.0. The number of aromatic amines is 1. The summed E-state index contributed by atoms with van der Waals surface area (Å²) in [6.07, 6.45) is 4.93. The topological polar surface area (TPSA) is 105 Å². The van der Waals surface area contributed by atoms with Crippen molar-refractivity contribution in [3.05, 3.63) is 30.4 Å². The van der Waals surface area contributed by atoms with Crippen molar-refractivity contribution < 1.29 is 9.90 Å². The van der Waals surface area contributed by atoms with Crippen LogP contribution in [0.25, 0.3) is 21.8 Å². The number of aromatic carboxylic acids is 1. The van der Waals surface area contributed by atoms with Gasteiger partial charge in [0.25, 0.3) is 0 Å². The second kappa shape index (κ2) is 3.18. The van der Waals surface area contributed by atoms with Gasteiger partial charge in [0, 0.05) is 24.0 Å².